The number of amides is 2. The van der Waals surface area contributed by atoms with Gasteiger partial charge in [-0.2, -0.15) is 4.98 Å². The minimum absolute atomic E-state index is 0.213. The summed E-state index contributed by atoms with van der Waals surface area (Å²) in [6.45, 7) is 8.67. The summed E-state index contributed by atoms with van der Waals surface area (Å²) >= 11 is 0. The van der Waals surface area contributed by atoms with Crippen molar-refractivity contribution in [3.8, 4) is 11.1 Å². The number of rotatable bonds is 5. The summed E-state index contributed by atoms with van der Waals surface area (Å²) in [5, 5.41) is 4.34. The summed E-state index contributed by atoms with van der Waals surface area (Å²) in [5.74, 6) is 1.09. The average molecular weight is 437 g/mol. The molecule has 10 heteroatoms. The first kappa shape index (κ1) is 21.5. The van der Waals surface area contributed by atoms with Crippen LogP contribution in [0.3, 0.4) is 0 Å². The van der Waals surface area contributed by atoms with Gasteiger partial charge in [0.05, 0.1) is 5.41 Å². The van der Waals surface area contributed by atoms with Gasteiger partial charge in [0.25, 0.3) is 0 Å². The van der Waals surface area contributed by atoms with E-state index in [0.29, 0.717) is 38.0 Å². The van der Waals surface area contributed by atoms with Crippen LogP contribution >= 0.6 is 0 Å². The van der Waals surface area contributed by atoms with Crippen LogP contribution in [-0.4, -0.2) is 57.2 Å². The molecule has 1 atom stereocenters. The van der Waals surface area contributed by atoms with E-state index in [-0.39, 0.29) is 11.9 Å². The van der Waals surface area contributed by atoms with Crippen LogP contribution in [0.2, 0.25) is 0 Å². The van der Waals surface area contributed by atoms with Gasteiger partial charge in [0.1, 0.15) is 0 Å². The Balaban J connectivity index is 1.58. The van der Waals surface area contributed by atoms with Crippen LogP contribution in [0.1, 0.15) is 32.2 Å². The van der Waals surface area contributed by atoms with E-state index >= 15 is 0 Å². The molecule has 2 aromatic heterocycles. The fourth-order valence-corrected chi connectivity index (χ4v) is 3.89. The van der Waals surface area contributed by atoms with Crippen LogP contribution in [0.5, 0.6) is 0 Å². The topological polar surface area (TPSA) is 140 Å². The lowest BCUT2D eigenvalue weighted by Gasteiger charge is -2.33. The molecule has 0 spiro atoms. The summed E-state index contributed by atoms with van der Waals surface area (Å²) in [5.41, 5.74) is 13.5. The molecule has 1 saturated heterocycles. The Bertz CT molecular complexity index is 1070. The largest absolute Gasteiger partial charge is 0.368 e. The molecule has 1 aromatic carbocycles. The van der Waals surface area contributed by atoms with Crippen LogP contribution < -0.4 is 16.4 Å². The van der Waals surface area contributed by atoms with Crippen molar-refractivity contribution >= 4 is 18.0 Å². The second kappa shape index (κ2) is 8.45. The first-order valence-corrected chi connectivity index (χ1v) is 10.6. The number of hydrogen-bond donors (Lipinski definition) is 2. The molecule has 0 bridgehead atoms. The molecule has 1 aliphatic heterocycles. The van der Waals surface area contributed by atoms with E-state index in [1.165, 1.54) is 0 Å². The molecule has 3 aromatic rings. The zero-order valence-corrected chi connectivity index (χ0v) is 18.5. The predicted molar refractivity (Wildman–Crippen MR) is 121 cm³/mol. The van der Waals surface area contributed by atoms with Crippen molar-refractivity contribution in [1.29, 1.82) is 0 Å². The summed E-state index contributed by atoms with van der Waals surface area (Å²) in [6, 6.07) is 8.29. The summed E-state index contributed by atoms with van der Waals surface area (Å²) in [4.78, 5) is 27.8. The summed E-state index contributed by atoms with van der Waals surface area (Å²) in [7, 11) is 0. The van der Waals surface area contributed by atoms with Crippen molar-refractivity contribution in [3.05, 3.63) is 48.0 Å². The molecule has 32 heavy (non-hydrogen) atoms. The highest BCUT2D eigenvalue weighted by Crippen LogP contribution is 2.38. The van der Waals surface area contributed by atoms with Crippen molar-refractivity contribution in [3.63, 3.8) is 0 Å². The molecule has 4 rings (SSSR count). The van der Waals surface area contributed by atoms with E-state index in [2.05, 4.69) is 48.0 Å². The number of urea groups is 1. The Kier molecular flexibility index (Phi) is 5.68. The van der Waals surface area contributed by atoms with E-state index in [0.717, 1.165) is 16.7 Å². The number of benzene rings is 1. The van der Waals surface area contributed by atoms with Crippen LogP contribution in [0.15, 0.2) is 41.2 Å². The maximum Gasteiger partial charge on any atom is 0.324 e. The van der Waals surface area contributed by atoms with Crippen LogP contribution in [0.4, 0.5) is 16.8 Å². The van der Waals surface area contributed by atoms with Crippen LogP contribution in [0, 0.1) is 5.92 Å². The Morgan fingerprint density at radius 1 is 1.06 bits per heavy atom. The monoisotopic (exact) mass is 436 g/mol. The van der Waals surface area contributed by atoms with Crippen molar-refractivity contribution in [2.75, 3.05) is 36.8 Å². The smallest absolute Gasteiger partial charge is 0.324 e. The number of aromatic nitrogens is 4. The molecule has 0 saturated carbocycles. The number of carbonyl (C=O) groups is 1. The van der Waals surface area contributed by atoms with Gasteiger partial charge in [-0.05, 0) is 24.0 Å². The maximum atomic E-state index is 11.4. The normalized spacial score (nSPS) is 16.2. The van der Waals surface area contributed by atoms with Gasteiger partial charge in [0, 0.05) is 44.1 Å². The summed E-state index contributed by atoms with van der Waals surface area (Å²) < 4.78 is 5.62. The number of nitrogens with zero attached hydrogens (tertiary/aromatic N) is 6. The maximum absolute atomic E-state index is 11.4. The van der Waals surface area contributed by atoms with Gasteiger partial charge in [0.15, 0.2) is 5.82 Å². The van der Waals surface area contributed by atoms with Gasteiger partial charge in [-0.15, -0.1) is 0 Å². The number of nitrogen functional groups attached to an aromatic ring is 1. The molecule has 1 unspecified atom stereocenters. The van der Waals surface area contributed by atoms with E-state index in [1.54, 1.807) is 17.3 Å². The van der Waals surface area contributed by atoms with Crippen LogP contribution in [-0.2, 0) is 5.41 Å². The molecule has 0 radical (unpaired) electrons. The van der Waals surface area contributed by atoms with E-state index in [4.69, 9.17) is 21.0 Å². The lowest BCUT2D eigenvalue weighted by molar-refractivity contribution is 0.202. The van der Waals surface area contributed by atoms with Gasteiger partial charge in [-0.3, -0.25) is 0 Å². The zero-order chi connectivity index (χ0) is 22.9. The first-order chi connectivity index (χ1) is 15.3. The van der Waals surface area contributed by atoms with Crippen molar-refractivity contribution in [2.45, 2.75) is 26.2 Å². The van der Waals surface area contributed by atoms with Crippen molar-refractivity contribution < 1.29 is 9.32 Å². The third kappa shape index (κ3) is 3.95. The lowest BCUT2D eigenvalue weighted by Crippen LogP contribution is -2.50. The SMILES string of the molecule is CC(C)C(C)(c1ccc(-c2cnc(N)nc2)cc1)c1noc(N2CCN(C(N)=O)CC2)n1. The molecular formula is C22H28N8O2. The van der Waals surface area contributed by atoms with Crippen LogP contribution in [0.25, 0.3) is 11.1 Å². The number of anilines is 2. The fraction of sp³-hybridized carbons (Fsp3) is 0.409. The Labute approximate surface area is 186 Å². The van der Waals surface area contributed by atoms with Crippen molar-refractivity contribution in [1.82, 2.24) is 25.0 Å². The quantitative estimate of drug-likeness (QED) is 0.621. The number of carbonyl (C=O) groups excluding carboxylic acids is 1. The van der Waals surface area contributed by atoms with Gasteiger partial charge in [0.2, 0.25) is 5.95 Å². The Hall–Kier alpha value is -3.69. The van der Waals surface area contributed by atoms with E-state index < -0.39 is 11.4 Å². The standard InChI is InChI=1S/C22H28N8O2/c1-14(2)22(3,17-6-4-15(5-7-17)16-12-25-19(23)26-13-16)18-27-21(32-28-18)30-10-8-29(9-11-30)20(24)31/h4-7,12-14H,8-11H2,1-3H3,(H2,24,31)(H2,23,25,26). The van der Waals surface area contributed by atoms with Gasteiger partial charge in [-0.1, -0.05) is 43.3 Å². The second-order valence-corrected chi connectivity index (χ2v) is 8.48. The average Bonchev–Trinajstić information content (AvgIpc) is 3.30. The van der Waals surface area contributed by atoms with E-state index in [9.17, 15) is 4.79 Å². The predicted octanol–water partition coefficient (Wildman–Crippen LogP) is 2.27. The van der Waals surface area contributed by atoms with Gasteiger partial charge in [-0.25, -0.2) is 14.8 Å². The third-order valence-corrected chi connectivity index (χ3v) is 6.39. The number of hydrogen-bond acceptors (Lipinski definition) is 8. The molecule has 1 aliphatic rings. The van der Waals surface area contributed by atoms with Crippen molar-refractivity contribution in [2.24, 2.45) is 11.7 Å². The Morgan fingerprint density at radius 3 is 2.25 bits per heavy atom. The molecule has 3 heterocycles. The molecule has 0 aliphatic carbocycles. The molecule has 10 nitrogen and oxygen atoms in total. The van der Waals surface area contributed by atoms with Gasteiger partial charge >= 0.3 is 12.0 Å². The highest BCUT2D eigenvalue weighted by Gasteiger charge is 2.38. The lowest BCUT2D eigenvalue weighted by atomic mass is 9.72. The molecule has 2 amide bonds. The van der Waals surface area contributed by atoms with E-state index in [1.807, 2.05) is 17.0 Å². The molecule has 1 fully saturated rings. The number of nitrogens with two attached hydrogens (primary N) is 2. The van der Waals surface area contributed by atoms with Gasteiger partial charge < -0.3 is 25.8 Å². The fourth-order valence-electron chi connectivity index (χ4n) is 3.89. The highest BCUT2D eigenvalue weighted by molar-refractivity contribution is 5.72. The first-order valence-electron chi connectivity index (χ1n) is 10.6. The second-order valence-electron chi connectivity index (χ2n) is 8.48. The minimum atomic E-state index is -0.451. The highest BCUT2D eigenvalue weighted by atomic mass is 16.5. The Morgan fingerprint density at radius 2 is 1.69 bits per heavy atom. The summed E-state index contributed by atoms with van der Waals surface area (Å²) in [6.07, 6.45) is 3.42. The molecule has 4 N–H and O–H groups in total. The zero-order valence-electron chi connectivity index (χ0n) is 18.5. The minimum Gasteiger partial charge on any atom is -0.368 e. The number of primary amides is 1. The third-order valence-electron chi connectivity index (χ3n) is 6.39. The molecule has 168 valence electrons. The number of piperazine rings is 1. The molecular weight excluding hydrogens is 408 g/mol.